The van der Waals surface area contributed by atoms with Crippen molar-refractivity contribution in [3.8, 4) is 0 Å². The fourth-order valence-electron chi connectivity index (χ4n) is 4.68. The molecule has 0 N–H and O–H groups in total. The van der Waals surface area contributed by atoms with E-state index >= 15 is 0 Å². The van der Waals surface area contributed by atoms with Crippen molar-refractivity contribution >= 4 is 33.9 Å². The summed E-state index contributed by atoms with van der Waals surface area (Å²) in [7, 11) is 0. The van der Waals surface area contributed by atoms with Gasteiger partial charge in [-0.3, -0.25) is 14.9 Å². The lowest BCUT2D eigenvalue weighted by Crippen LogP contribution is -2.39. The Morgan fingerprint density at radius 2 is 1.73 bits per heavy atom. The zero-order chi connectivity index (χ0) is 23.5. The van der Waals surface area contributed by atoms with Crippen molar-refractivity contribution < 1.29 is 19.2 Å². The first kappa shape index (κ1) is 22.5. The first-order valence-electron chi connectivity index (χ1n) is 11.0. The molecule has 1 fully saturated rings. The van der Waals surface area contributed by atoms with Gasteiger partial charge in [0.25, 0.3) is 5.69 Å². The molecule has 4 rings (SSSR count). The molecule has 0 radical (unpaired) electrons. The molecule has 2 atom stereocenters. The minimum Gasteiger partial charge on any atom is -0.454 e. The second-order valence-electron chi connectivity index (χ2n) is 8.84. The van der Waals surface area contributed by atoms with Gasteiger partial charge < -0.3 is 9.64 Å². The minimum absolute atomic E-state index is 0.0503. The fraction of sp³-hybridized carbons (Fsp3) is 0.308. The third kappa shape index (κ3) is 4.87. The Hall–Kier alpha value is -3.74. The van der Waals surface area contributed by atoms with Crippen LogP contribution in [-0.4, -0.2) is 36.4 Å². The Kier molecular flexibility index (Phi) is 6.40. The van der Waals surface area contributed by atoms with Gasteiger partial charge in [-0.1, -0.05) is 56.3 Å². The van der Waals surface area contributed by atoms with Crippen molar-refractivity contribution in [3.05, 3.63) is 81.9 Å². The first-order valence-corrected chi connectivity index (χ1v) is 11.0. The highest BCUT2D eigenvalue weighted by Crippen LogP contribution is 2.34. The number of hydrogen-bond donors (Lipinski definition) is 0. The molecule has 1 aliphatic heterocycles. The summed E-state index contributed by atoms with van der Waals surface area (Å²) in [5.41, 5.74) is 0.887. The molecule has 7 heteroatoms. The molecule has 0 saturated carbocycles. The third-order valence-electron chi connectivity index (χ3n) is 6.04. The molecule has 2 unspecified atom stereocenters. The van der Waals surface area contributed by atoms with Gasteiger partial charge in [0.15, 0.2) is 6.61 Å². The molecule has 0 aliphatic carbocycles. The van der Waals surface area contributed by atoms with Gasteiger partial charge in [-0.15, -0.1) is 0 Å². The molecule has 1 aliphatic rings. The number of ketones is 1. The lowest BCUT2D eigenvalue weighted by Gasteiger charge is -2.36. The molecule has 33 heavy (non-hydrogen) atoms. The van der Waals surface area contributed by atoms with E-state index < -0.39 is 17.5 Å². The first-order chi connectivity index (χ1) is 15.8. The third-order valence-corrected chi connectivity index (χ3v) is 6.04. The number of ether oxygens (including phenoxy) is 1. The molecule has 0 amide bonds. The van der Waals surface area contributed by atoms with E-state index in [0.29, 0.717) is 23.1 Å². The van der Waals surface area contributed by atoms with Gasteiger partial charge >= 0.3 is 5.97 Å². The van der Waals surface area contributed by atoms with Crippen LogP contribution in [0, 0.1) is 22.0 Å². The molecule has 7 nitrogen and oxygen atoms in total. The normalized spacial score (nSPS) is 18.2. The molecule has 3 aromatic carbocycles. The number of rotatable bonds is 6. The van der Waals surface area contributed by atoms with Gasteiger partial charge in [0, 0.05) is 24.7 Å². The summed E-state index contributed by atoms with van der Waals surface area (Å²) in [4.78, 5) is 38.6. The predicted octanol–water partition coefficient (Wildman–Crippen LogP) is 5.27. The highest BCUT2D eigenvalue weighted by atomic mass is 16.6. The van der Waals surface area contributed by atoms with Crippen LogP contribution in [0.25, 0.3) is 10.8 Å². The number of nitrogens with zero attached hydrogens (tertiary/aromatic N) is 2. The number of carbonyl (C=O) groups is 2. The molecular formula is C26H26N2O5. The number of esters is 1. The standard InChI is InChI=1S/C26H26N2O5/c1-17-12-18(2)15-27(14-17)23-11-10-20(13-24(23)28(31)32)26(30)33-16-25(29)22-9-5-7-19-6-3-4-8-21(19)22/h3-11,13,17-18H,12,14-16H2,1-2H3. The summed E-state index contributed by atoms with van der Waals surface area (Å²) < 4.78 is 5.22. The van der Waals surface area contributed by atoms with Crippen molar-refractivity contribution in [2.24, 2.45) is 11.8 Å². The largest absolute Gasteiger partial charge is 0.454 e. The van der Waals surface area contributed by atoms with Crippen LogP contribution in [0.2, 0.25) is 0 Å². The topological polar surface area (TPSA) is 89.8 Å². The molecule has 1 saturated heterocycles. The smallest absolute Gasteiger partial charge is 0.338 e. The summed E-state index contributed by atoms with van der Waals surface area (Å²) in [5, 5.41) is 13.5. The van der Waals surface area contributed by atoms with E-state index in [1.54, 1.807) is 18.2 Å². The maximum absolute atomic E-state index is 12.7. The highest BCUT2D eigenvalue weighted by molar-refractivity contribution is 6.09. The van der Waals surface area contributed by atoms with E-state index in [1.165, 1.54) is 12.1 Å². The summed E-state index contributed by atoms with van der Waals surface area (Å²) in [6.45, 7) is 5.28. The van der Waals surface area contributed by atoms with E-state index in [0.717, 1.165) is 30.3 Å². The van der Waals surface area contributed by atoms with Crippen molar-refractivity contribution in [3.63, 3.8) is 0 Å². The number of carbonyl (C=O) groups excluding carboxylic acids is 2. The molecule has 170 valence electrons. The zero-order valence-electron chi connectivity index (χ0n) is 18.7. The van der Waals surface area contributed by atoms with E-state index in [9.17, 15) is 19.7 Å². The summed E-state index contributed by atoms with van der Waals surface area (Å²) in [6, 6.07) is 17.2. The second-order valence-corrected chi connectivity index (χ2v) is 8.84. The number of nitro benzene ring substituents is 1. The van der Waals surface area contributed by atoms with Crippen LogP contribution in [0.5, 0.6) is 0 Å². The average Bonchev–Trinajstić information content (AvgIpc) is 2.80. The van der Waals surface area contributed by atoms with Crippen molar-refractivity contribution in [1.82, 2.24) is 0 Å². The number of fused-ring (bicyclic) bond motifs is 1. The average molecular weight is 447 g/mol. The summed E-state index contributed by atoms with van der Waals surface area (Å²) in [5.74, 6) is -0.239. The molecule has 1 heterocycles. The van der Waals surface area contributed by atoms with Gasteiger partial charge in [0.05, 0.1) is 10.5 Å². The van der Waals surface area contributed by atoms with Crippen LogP contribution in [0.3, 0.4) is 0 Å². The van der Waals surface area contributed by atoms with Crippen LogP contribution in [0.1, 0.15) is 41.0 Å². The van der Waals surface area contributed by atoms with Crippen LogP contribution in [-0.2, 0) is 4.74 Å². The molecular weight excluding hydrogens is 420 g/mol. The lowest BCUT2D eigenvalue weighted by molar-refractivity contribution is -0.384. The lowest BCUT2D eigenvalue weighted by atomic mass is 9.91. The highest BCUT2D eigenvalue weighted by Gasteiger charge is 2.28. The maximum Gasteiger partial charge on any atom is 0.338 e. The molecule has 3 aromatic rings. The van der Waals surface area contributed by atoms with Crippen LogP contribution < -0.4 is 4.90 Å². The predicted molar refractivity (Wildman–Crippen MR) is 127 cm³/mol. The fourth-order valence-corrected chi connectivity index (χ4v) is 4.68. The monoisotopic (exact) mass is 446 g/mol. The minimum atomic E-state index is -0.765. The SMILES string of the molecule is CC1CC(C)CN(c2ccc(C(=O)OCC(=O)c3cccc4ccccc34)cc2[N+](=O)[O-])C1. The Bertz CT molecular complexity index is 1210. The van der Waals surface area contributed by atoms with Crippen molar-refractivity contribution in [1.29, 1.82) is 0 Å². The Balaban J connectivity index is 1.50. The number of nitro groups is 1. The zero-order valence-corrected chi connectivity index (χ0v) is 18.7. The van der Waals surface area contributed by atoms with Crippen molar-refractivity contribution in [2.45, 2.75) is 20.3 Å². The summed E-state index contributed by atoms with van der Waals surface area (Å²) >= 11 is 0. The number of benzene rings is 3. The van der Waals surface area contributed by atoms with Crippen molar-refractivity contribution in [2.75, 3.05) is 24.6 Å². The van der Waals surface area contributed by atoms with E-state index in [2.05, 4.69) is 13.8 Å². The van der Waals surface area contributed by atoms with Crippen LogP contribution in [0.4, 0.5) is 11.4 Å². The Labute approximate surface area is 192 Å². The molecule has 0 spiro atoms. The number of Topliss-reactive ketones (excluding diaryl/α,β-unsaturated/α-hetero) is 1. The summed E-state index contributed by atoms with van der Waals surface area (Å²) in [6.07, 6.45) is 1.08. The van der Waals surface area contributed by atoms with Gasteiger partial charge in [-0.25, -0.2) is 4.79 Å². The van der Waals surface area contributed by atoms with E-state index in [-0.39, 0.29) is 17.0 Å². The number of hydrogen-bond acceptors (Lipinski definition) is 6. The van der Waals surface area contributed by atoms with Gasteiger partial charge in [0.2, 0.25) is 5.78 Å². The Morgan fingerprint density at radius 3 is 2.45 bits per heavy atom. The molecule has 0 bridgehead atoms. The quantitative estimate of drug-likeness (QED) is 0.222. The van der Waals surface area contributed by atoms with Gasteiger partial charge in [0.1, 0.15) is 5.69 Å². The van der Waals surface area contributed by atoms with Gasteiger partial charge in [-0.2, -0.15) is 0 Å². The second kappa shape index (κ2) is 9.40. The van der Waals surface area contributed by atoms with Gasteiger partial charge in [-0.05, 0) is 41.2 Å². The number of anilines is 1. The molecule has 0 aromatic heterocycles. The van der Waals surface area contributed by atoms with E-state index in [1.807, 2.05) is 35.2 Å². The maximum atomic E-state index is 12.7. The Morgan fingerprint density at radius 1 is 1.03 bits per heavy atom. The number of piperidine rings is 1. The van der Waals surface area contributed by atoms with E-state index in [4.69, 9.17) is 4.74 Å². The van der Waals surface area contributed by atoms with Crippen LogP contribution >= 0.6 is 0 Å². The van der Waals surface area contributed by atoms with Crippen LogP contribution in [0.15, 0.2) is 60.7 Å².